The molecule has 0 saturated carbocycles. The van der Waals surface area contributed by atoms with Crippen LogP contribution in [0.25, 0.3) is 0 Å². The third-order valence-electron chi connectivity index (χ3n) is 2.93. The van der Waals surface area contributed by atoms with Crippen molar-refractivity contribution in [2.45, 2.75) is 30.6 Å². The molecule has 2 bridgehead atoms. The zero-order chi connectivity index (χ0) is 10.5. The number of nitrogens with zero attached hydrogens (tertiary/aromatic N) is 2. The molecular weight excluding hydrogens is 200 g/mol. The van der Waals surface area contributed by atoms with Gasteiger partial charge in [0.25, 0.3) is 0 Å². The molecule has 15 heavy (non-hydrogen) atoms. The molecule has 2 aliphatic heterocycles. The second-order valence-electron chi connectivity index (χ2n) is 4.00. The Morgan fingerprint density at radius 2 is 2.33 bits per heavy atom. The number of aromatic nitrogens is 2. The summed E-state index contributed by atoms with van der Waals surface area (Å²) < 4.78 is 12.4. The normalized spacial score (nSPS) is 38.1. The van der Waals surface area contributed by atoms with Gasteiger partial charge in [-0.3, -0.25) is 0 Å². The van der Waals surface area contributed by atoms with Gasteiger partial charge in [-0.2, -0.15) is 0 Å². The van der Waals surface area contributed by atoms with Crippen molar-refractivity contribution < 1.29 is 19.7 Å². The van der Waals surface area contributed by atoms with Gasteiger partial charge in [0.2, 0.25) is 12.1 Å². The van der Waals surface area contributed by atoms with Gasteiger partial charge in [0.1, 0.15) is 6.10 Å². The highest BCUT2D eigenvalue weighted by Gasteiger charge is 2.52. The average molecular weight is 212 g/mol. The van der Waals surface area contributed by atoms with Gasteiger partial charge >= 0.3 is 0 Å². The van der Waals surface area contributed by atoms with Gasteiger partial charge in [0.05, 0.1) is 19.0 Å². The highest BCUT2D eigenvalue weighted by molar-refractivity contribution is 4.95. The molecule has 6 heteroatoms. The molecule has 0 radical (unpaired) electrons. The van der Waals surface area contributed by atoms with Gasteiger partial charge in [-0.1, -0.05) is 0 Å². The molecule has 1 aromatic heterocycles. The molecule has 3 atom stereocenters. The number of imidazole rings is 1. The Morgan fingerprint density at radius 1 is 1.47 bits per heavy atom. The predicted octanol–water partition coefficient (Wildman–Crippen LogP) is -0.750. The molecule has 0 spiro atoms. The summed E-state index contributed by atoms with van der Waals surface area (Å²) in [6.45, 7) is 0.385. The molecule has 0 amide bonds. The first-order valence-corrected chi connectivity index (χ1v) is 4.86. The summed E-state index contributed by atoms with van der Waals surface area (Å²) in [5.74, 6) is -1.91. The Bertz CT molecular complexity index is 351. The van der Waals surface area contributed by atoms with Crippen molar-refractivity contribution in [2.24, 2.45) is 0 Å². The molecule has 3 heterocycles. The summed E-state index contributed by atoms with van der Waals surface area (Å²) >= 11 is 0. The zero-order valence-corrected chi connectivity index (χ0v) is 7.98. The Balaban J connectivity index is 1.91. The number of aliphatic hydroxyl groups is 2. The fourth-order valence-corrected chi connectivity index (χ4v) is 2.16. The second-order valence-corrected chi connectivity index (χ2v) is 4.00. The van der Waals surface area contributed by atoms with Crippen LogP contribution in [0, 0.1) is 0 Å². The summed E-state index contributed by atoms with van der Waals surface area (Å²) in [7, 11) is 0. The third-order valence-corrected chi connectivity index (χ3v) is 2.93. The largest absolute Gasteiger partial charge is 0.362 e. The lowest BCUT2D eigenvalue weighted by molar-refractivity contribution is -0.315. The summed E-state index contributed by atoms with van der Waals surface area (Å²) in [4.78, 5) is 3.93. The summed E-state index contributed by atoms with van der Waals surface area (Å²) in [6, 6.07) is -0.138. The quantitative estimate of drug-likeness (QED) is 0.599. The molecule has 2 N–H and O–H groups in total. The van der Waals surface area contributed by atoms with Crippen LogP contribution in [-0.2, 0) is 9.47 Å². The van der Waals surface area contributed by atoms with Gasteiger partial charge in [0, 0.05) is 18.8 Å². The fraction of sp³-hybridized carbons (Fsp3) is 0.667. The highest BCUT2D eigenvalue weighted by atomic mass is 16.8. The number of hydrogen-bond donors (Lipinski definition) is 2. The van der Waals surface area contributed by atoms with Gasteiger partial charge in [0.15, 0.2) is 0 Å². The molecular formula is C9H12N2O4. The number of ether oxygens (including phenoxy) is 2. The lowest BCUT2D eigenvalue weighted by atomic mass is 9.99. The van der Waals surface area contributed by atoms with Crippen molar-refractivity contribution in [1.82, 2.24) is 9.55 Å². The highest BCUT2D eigenvalue weighted by Crippen LogP contribution is 2.39. The van der Waals surface area contributed by atoms with Crippen LogP contribution in [0.5, 0.6) is 0 Å². The van der Waals surface area contributed by atoms with Gasteiger partial charge in [-0.05, 0) is 0 Å². The summed E-state index contributed by atoms with van der Waals surface area (Å²) in [5, 5.41) is 19.4. The van der Waals surface area contributed by atoms with Crippen LogP contribution in [0.1, 0.15) is 12.5 Å². The maximum absolute atomic E-state index is 9.70. The Kier molecular flexibility index (Phi) is 1.87. The second kappa shape index (κ2) is 3.02. The van der Waals surface area contributed by atoms with E-state index < -0.39 is 12.1 Å². The van der Waals surface area contributed by atoms with Crippen molar-refractivity contribution in [3.8, 4) is 0 Å². The van der Waals surface area contributed by atoms with E-state index in [9.17, 15) is 10.2 Å². The fourth-order valence-electron chi connectivity index (χ4n) is 2.16. The minimum atomic E-state index is -1.91. The first-order valence-electron chi connectivity index (χ1n) is 4.86. The van der Waals surface area contributed by atoms with Crippen molar-refractivity contribution in [3.05, 3.63) is 18.7 Å². The van der Waals surface area contributed by atoms with Crippen molar-refractivity contribution in [2.75, 3.05) is 6.61 Å². The van der Waals surface area contributed by atoms with Crippen LogP contribution in [0.2, 0.25) is 0 Å². The molecule has 0 aromatic carbocycles. The molecule has 82 valence electrons. The first kappa shape index (κ1) is 9.29. The maximum atomic E-state index is 9.70. The SMILES string of the molecule is OC1(O)C[C@@H](n2ccnc2)[C@@H]2CO[C@@H]1O2. The summed E-state index contributed by atoms with van der Waals surface area (Å²) in [6.07, 6.45) is 4.22. The summed E-state index contributed by atoms with van der Waals surface area (Å²) in [5.41, 5.74) is 0. The van der Waals surface area contributed by atoms with Crippen LogP contribution >= 0.6 is 0 Å². The Labute approximate surface area is 86.1 Å². The van der Waals surface area contributed by atoms with E-state index in [1.165, 1.54) is 0 Å². The molecule has 2 aliphatic rings. The van der Waals surface area contributed by atoms with Crippen LogP contribution in [-0.4, -0.2) is 44.6 Å². The van der Waals surface area contributed by atoms with Crippen LogP contribution in [0.3, 0.4) is 0 Å². The van der Waals surface area contributed by atoms with Crippen molar-refractivity contribution in [1.29, 1.82) is 0 Å². The predicted molar refractivity (Wildman–Crippen MR) is 47.7 cm³/mol. The molecule has 3 rings (SSSR count). The van der Waals surface area contributed by atoms with E-state index >= 15 is 0 Å². The van der Waals surface area contributed by atoms with E-state index in [0.29, 0.717) is 6.61 Å². The first-order chi connectivity index (χ1) is 7.17. The molecule has 2 fully saturated rings. The van der Waals surface area contributed by atoms with E-state index in [1.54, 1.807) is 18.7 Å². The maximum Gasteiger partial charge on any atom is 0.217 e. The lowest BCUT2D eigenvalue weighted by Gasteiger charge is -2.36. The average Bonchev–Trinajstić information content (AvgIpc) is 2.84. The minimum absolute atomic E-state index is 0.128. The van der Waals surface area contributed by atoms with Crippen LogP contribution in [0.15, 0.2) is 18.7 Å². The van der Waals surface area contributed by atoms with Gasteiger partial charge in [-0.25, -0.2) is 4.98 Å². The number of fused-ring (bicyclic) bond motifs is 2. The molecule has 0 unspecified atom stereocenters. The monoisotopic (exact) mass is 212 g/mol. The Morgan fingerprint density at radius 3 is 3.07 bits per heavy atom. The molecule has 1 aromatic rings. The standard InChI is InChI=1S/C9H12N2O4/c12-9(13)3-6(11-2-1-10-5-11)7-4-14-8(9)15-7/h1-2,5-8,12-13H,3-4H2/t6-,7+,8-/m1/s1. The Hall–Kier alpha value is -0.950. The van der Waals surface area contributed by atoms with Crippen molar-refractivity contribution in [3.63, 3.8) is 0 Å². The molecule has 6 nitrogen and oxygen atoms in total. The third kappa shape index (κ3) is 1.37. The van der Waals surface area contributed by atoms with Crippen LogP contribution < -0.4 is 0 Å². The number of hydrogen-bond acceptors (Lipinski definition) is 5. The van der Waals surface area contributed by atoms with E-state index in [2.05, 4.69) is 4.98 Å². The molecule has 0 aliphatic carbocycles. The van der Waals surface area contributed by atoms with Crippen LogP contribution in [0.4, 0.5) is 0 Å². The topological polar surface area (TPSA) is 76.7 Å². The van der Waals surface area contributed by atoms with E-state index in [-0.39, 0.29) is 18.6 Å². The van der Waals surface area contributed by atoms with E-state index in [4.69, 9.17) is 9.47 Å². The number of rotatable bonds is 1. The van der Waals surface area contributed by atoms with E-state index in [0.717, 1.165) is 0 Å². The van der Waals surface area contributed by atoms with Crippen molar-refractivity contribution >= 4 is 0 Å². The minimum Gasteiger partial charge on any atom is -0.362 e. The van der Waals surface area contributed by atoms with E-state index in [1.807, 2.05) is 4.57 Å². The lowest BCUT2D eigenvalue weighted by Crippen LogP contribution is -2.50. The molecule has 2 saturated heterocycles. The van der Waals surface area contributed by atoms with Gasteiger partial charge < -0.3 is 24.3 Å². The zero-order valence-electron chi connectivity index (χ0n) is 7.98. The van der Waals surface area contributed by atoms with Gasteiger partial charge in [-0.15, -0.1) is 0 Å². The smallest absolute Gasteiger partial charge is 0.217 e.